The maximum atomic E-state index is 10.6. The Morgan fingerprint density at radius 3 is 2.59 bits per heavy atom. The molecular formula is C12H12O5. The molecule has 1 aromatic carbocycles. The lowest BCUT2D eigenvalue weighted by Crippen LogP contribution is -2.02. The van der Waals surface area contributed by atoms with Crippen LogP contribution in [0.2, 0.25) is 0 Å². The first-order chi connectivity index (χ1) is 8.02. The summed E-state index contributed by atoms with van der Waals surface area (Å²) in [5.74, 6) is -1.55. The number of hydrogen-bond acceptors (Lipinski definition) is 3. The summed E-state index contributed by atoms with van der Waals surface area (Å²) in [5.41, 5.74) is 1.12. The average molecular weight is 236 g/mol. The Morgan fingerprint density at radius 1 is 1.35 bits per heavy atom. The second kappa shape index (κ2) is 5.69. The van der Waals surface area contributed by atoms with Crippen molar-refractivity contribution in [3.63, 3.8) is 0 Å². The van der Waals surface area contributed by atoms with Gasteiger partial charge in [-0.15, -0.1) is 0 Å². The fourth-order valence-corrected chi connectivity index (χ4v) is 1.37. The van der Waals surface area contributed by atoms with Crippen LogP contribution in [0.25, 0.3) is 6.08 Å². The van der Waals surface area contributed by atoms with Crippen LogP contribution < -0.4 is 4.74 Å². The first-order valence-corrected chi connectivity index (χ1v) is 4.82. The smallest absolute Gasteiger partial charge is 0.328 e. The minimum absolute atomic E-state index is 0.169. The summed E-state index contributed by atoms with van der Waals surface area (Å²) in [6, 6.07) is 4.86. The molecule has 0 heterocycles. The number of hydrogen-bond donors (Lipinski definition) is 2. The Labute approximate surface area is 98.0 Å². The molecule has 0 unspecified atom stereocenters. The number of ether oxygens (including phenoxy) is 1. The molecule has 0 saturated heterocycles. The number of rotatable bonds is 5. The van der Waals surface area contributed by atoms with Crippen LogP contribution in [0.5, 0.6) is 5.75 Å². The molecule has 0 aliphatic heterocycles. The van der Waals surface area contributed by atoms with Gasteiger partial charge in [0, 0.05) is 11.6 Å². The highest BCUT2D eigenvalue weighted by Crippen LogP contribution is 2.21. The van der Waals surface area contributed by atoms with Crippen LogP contribution in [0.1, 0.15) is 11.1 Å². The van der Waals surface area contributed by atoms with E-state index in [1.807, 2.05) is 0 Å². The maximum Gasteiger partial charge on any atom is 0.328 e. The van der Waals surface area contributed by atoms with E-state index in [2.05, 4.69) is 0 Å². The third-order valence-electron chi connectivity index (χ3n) is 2.06. The van der Waals surface area contributed by atoms with Crippen LogP contribution in [-0.4, -0.2) is 29.3 Å². The second-order valence-corrected chi connectivity index (χ2v) is 3.31. The number of carbonyl (C=O) groups is 2. The highest BCUT2D eigenvalue weighted by molar-refractivity contribution is 5.85. The Morgan fingerprint density at radius 2 is 2.06 bits per heavy atom. The van der Waals surface area contributed by atoms with Gasteiger partial charge >= 0.3 is 11.9 Å². The van der Waals surface area contributed by atoms with E-state index in [9.17, 15) is 9.59 Å². The topological polar surface area (TPSA) is 83.8 Å². The van der Waals surface area contributed by atoms with Gasteiger partial charge in [-0.05, 0) is 23.8 Å². The molecule has 0 fully saturated rings. The fraction of sp³-hybridized carbons (Fsp3) is 0.167. The van der Waals surface area contributed by atoms with Crippen molar-refractivity contribution in [2.45, 2.75) is 6.42 Å². The van der Waals surface area contributed by atoms with Gasteiger partial charge in [0.25, 0.3) is 0 Å². The van der Waals surface area contributed by atoms with E-state index in [1.54, 1.807) is 18.2 Å². The summed E-state index contributed by atoms with van der Waals surface area (Å²) in [4.78, 5) is 21.0. The molecule has 0 saturated carbocycles. The Kier molecular flexibility index (Phi) is 4.28. The van der Waals surface area contributed by atoms with E-state index in [0.29, 0.717) is 16.9 Å². The molecule has 0 amide bonds. The summed E-state index contributed by atoms with van der Waals surface area (Å²) >= 11 is 0. The zero-order chi connectivity index (χ0) is 12.8. The monoisotopic (exact) mass is 236 g/mol. The largest absolute Gasteiger partial charge is 0.496 e. The minimum atomic E-state index is -1.05. The quantitative estimate of drug-likeness (QED) is 0.755. The molecule has 0 spiro atoms. The summed E-state index contributed by atoms with van der Waals surface area (Å²) in [7, 11) is 1.45. The van der Waals surface area contributed by atoms with Gasteiger partial charge < -0.3 is 14.9 Å². The lowest BCUT2D eigenvalue weighted by Gasteiger charge is -2.07. The van der Waals surface area contributed by atoms with Crippen LogP contribution in [0, 0.1) is 0 Å². The Balaban J connectivity index is 3.03. The van der Waals surface area contributed by atoms with E-state index in [4.69, 9.17) is 14.9 Å². The van der Waals surface area contributed by atoms with Gasteiger partial charge in [-0.1, -0.05) is 6.07 Å². The molecule has 2 N–H and O–H groups in total. The normalized spacial score (nSPS) is 10.4. The molecule has 0 bridgehead atoms. The third-order valence-corrected chi connectivity index (χ3v) is 2.06. The van der Waals surface area contributed by atoms with Crippen molar-refractivity contribution >= 4 is 18.0 Å². The molecule has 1 rings (SSSR count). The van der Waals surface area contributed by atoms with Crippen molar-refractivity contribution in [2.75, 3.05) is 7.11 Å². The fourth-order valence-electron chi connectivity index (χ4n) is 1.37. The van der Waals surface area contributed by atoms with Crippen LogP contribution >= 0.6 is 0 Å². The van der Waals surface area contributed by atoms with Gasteiger partial charge in [-0.3, -0.25) is 4.79 Å². The molecule has 0 aliphatic rings. The van der Waals surface area contributed by atoms with Gasteiger partial charge in [-0.2, -0.15) is 0 Å². The SMILES string of the molecule is COc1ccc(/C=C/C(=O)O)cc1CC(=O)O. The van der Waals surface area contributed by atoms with Crippen LogP contribution in [0.3, 0.4) is 0 Å². The number of benzene rings is 1. The summed E-state index contributed by atoms with van der Waals surface area (Å²) in [5, 5.41) is 17.2. The number of carboxylic acid groups (broad SMARTS) is 2. The maximum absolute atomic E-state index is 10.6. The van der Waals surface area contributed by atoms with Crippen molar-refractivity contribution in [1.29, 1.82) is 0 Å². The highest BCUT2D eigenvalue weighted by Gasteiger charge is 2.07. The number of methoxy groups -OCH3 is 1. The van der Waals surface area contributed by atoms with Crippen molar-refractivity contribution in [3.05, 3.63) is 35.4 Å². The molecule has 0 aliphatic carbocycles. The minimum Gasteiger partial charge on any atom is -0.496 e. The van der Waals surface area contributed by atoms with Crippen molar-refractivity contribution in [1.82, 2.24) is 0 Å². The van der Waals surface area contributed by atoms with Gasteiger partial charge in [0.15, 0.2) is 0 Å². The predicted molar refractivity (Wildman–Crippen MR) is 61.0 cm³/mol. The van der Waals surface area contributed by atoms with Crippen LogP contribution in [0.4, 0.5) is 0 Å². The second-order valence-electron chi connectivity index (χ2n) is 3.31. The molecule has 90 valence electrons. The van der Waals surface area contributed by atoms with E-state index in [0.717, 1.165) is 6.08 Å². The zero-order valence-corrected chi connectivity index (χ0v) is 9.21. The Hall–Kier alpha value is -2.30. The molecule has 5 nitrogen and oxygen atoms in total. The van der Waals surface area contributed by atoms with E-state index in [1.165, 1.54) is 13.2 Å². The first kappa shape index (κ1) is 12.8. The standard InChI is InChI=1S/C12H12O5/c1-17-10-4-2-8(3-5-11(13)14)6-9(10)7-12(15)16/h2-6H,7H2,1H3,(H,13,14)(H,15,16)/b5-3+. The molecular weight excluding hydrogens is 224 g/mol. The third kappa shape index (κ3) is 3.98. The number of carboxylic acids is 2. The molecule has 0 atom stereocenters. The lowest BCUT2D eigenvalue weighted by molar-refractivity contribution is -0.136. The predicted octanol–water partition coefficient (Wildman–Crippen LogP) is 1.42. The molecule has 17 heavy (non-hydrogen) atoms. The summed E-state index contributed by atoms with van der Waals surface area (Å²) < 4.78 is 5.02. The van der Waals surface area contributed by atoms with Crippen molar-refractivity contribution < 1.29 is 24.5 Å². The first-order valence-electron chi connectivity index (χ1n) is 4.82. The van der Waals surface area contributed by atoms with Gasteiger partial charge in [0.2, 0.25) is 0 Å². The average Bonchev–Trinajstić information content (AvgIpc) is 2.25. The number of aliphatic carboxylic acids is 2. The zero-order valence-electron chi connectivity index (χ0n) is 9.21. The Bertz CT molecular complexity index is 462. The van der Waals surface area contributed by atoms with Gasteiger partial charge in [-0.25, -0.2) is 4.79 Å². The van der Waals surface area contributed by atoms with E-state index < -0.39 is 11.9 Å². The van der Waals surface area contributed by atoms with E-state index >= 15 is 0 Å². The van der Waals surface area contributed by atoms with Gasteiger partial charge in [0.05, 0.1) is 13.5 Å². The molecule has 0 aromatic heterocycles. The van der Waals surface area contributed by atoms with Crippen LogP contribution in [0.15, 0.2) is 24.3 Å². The van der Waals surface area contributed by atoms with Crippen molar-refractivity contribution in [3.8, 4) is 5.75 Å². The highest BCUT2D eigenvalue weighted by atomic mass is 16.5. The van der Waals surface area contributed by atoms with Crippen molar-refractivity contribution in [2.24, 2.45) is 0 Å². The lowest BCUT2D eigenvalue weighted by atomic mass is 10.1. The van der Waals surface area contributed by atoms with E-state index in [-0.39, 0.29) is 6.42 Å². The van der Waals surface area contributed by atoms with Gasteiger partial charge in [0.1, 0.15) is 5.75 Å². The molecule has 0 radical (unpaired) electrons. The summed E-state index contributed by atoms with van der Waals surface area (Å²) in [6.45, 7) is 0. The molecule has 5 heteroatoms. The van der Waals surface area contributed by atoms with Crippen LogP contribution in [-0.2, 0) is 16.0 Å². The summed E-state index contributed by atoms with van der Waals surface area (Å²) in [6.07, 6.45) is 2.22. The molecule has 1 aromatic rings.